The topological polar surface area (TPSA) is 39.4 Å². The third-order valence-electron chi connectivity index (χ3n) is 4.62. The maximum Gasteiger partial charge on any atom is 0.379 e. The Kier molecular flexibility index (Phi) is 4.93. The van der Waals surface area contributed by atoms with E-state index in [-0.39, 0.29) is 16.2 Å². The van der Waals surface area contributed by atoms with E-state index in [1.807, 2.05) is 46.9 Å². The second-order valence-electron chi connectivity index (χ2n) is 6.39. The fourth-order valence-corrected chi connectivity index (χ4v) is 6.41. The zero-order chi connectivity index (χ0) is 20.0. The van der Waals surface area contributed by atoms with Gasteiger partial charge >= 0.3 is 5.97 Å². The van der Waals surface area contributed by atoms with Gasteiger partial charge in [0.1, 0.15) is 5.75 Å². The third kappa shape index (κ3) is 3.39. The first-order valence-corrected chi connectivity index (χ1v) is 11.9. The zero-order valence-electron chi connectivity index (χ0n) is 14.9. The van der Waals surface area contributed by atoms with Crippen LogP contribution in [0.2, 0.25) is 0 Å². The molecule has 0 bridgehead atoms. The lowest BCUT2D eigenvalue weighted by molar-refractivity contribution is 0.0700. The number of hydrogen-bond donors (Lipinski definition) is 0. The van der Waals surface area contributed by atoms with Gasteiger partial charge in [-0.05, 0) is 52.3 Å². The van der Waals surface area contributed by atoms with Gasteiger partial charge in [-0.1, -0.05) is 24.3 Å². The Bertz CT molecular complexity index is 1300. The van der Waals surface area contributed by atoms with Crippen LogP contribution in [-0.4, -0.2) is 5.97 Å². The van der Waals surface area contributed by atoms with Crippen LogP contribution in [0.1, 0.15) is 10.6 Å². The SMILES string of the molecule is O=C(Oc1ccc(-[s+]2c3ccccc3c3ccccc32)cc1)c1cc(Br)c(I)o1. The Morgan fingerprint density at radius 1 is 0.897 bits per heavy atom. The maximum absolute atomic E-state index is 12.3. The largest absolute Gasteiger partial charge is 0.442 e. The van der Waals surface area contributed by atoms with E-state index in [9.17, 15) is 4.79 Å². The van der Waals surface area contributed by atoms with Crippen molar-refractivity contribution in [2.45, 2.75) is 0 Å². The van der Waals surface area contributed by atoms with E-state index < -0.39 is 5.97 Å². The molecule has 29 heavy (non-hydrogen) atoms. The Hall–Kier alpha value is -2.16. The van der Waals surface area contributed by atoms with Crippen molar-refractivity contribution < 1.29 is 13.9 Å². The van der Waals surface area contributed by atoms with Gasteiger partial charge in [0.05, 0.1) is 4.47 Å². The van der Waals surface area contributed by atoms with E-state index in [0.29, 0.717) is 9.52 Å². The number of hydrogen-bond acceptors (Lipinski definition) is 3. The Labute approximate surface area is 191 Å². The van der Waals surface area contributed by atoms with Gasteiger partial charge in [0.2, 0.25) is 5.76 Å². The summed E-state index contributed by atoms with van der Waals surface area (Å²) in [5.41, 5.74) is 0. The molecule has 0 aliphatic rings. The number of benzene rings is 3. The van der Waals surface area contributed by atoms with Gasteiger partial charge in [0, 0.05) is 62.0 Å². The number of fused-ring (bicyclic) bond motifs is 3. The highest BCUT2D eigenvalue weighted by molar-refractivity contribution is 14.1. The van der Waals surface area contributed by atoms with Crippen molar-refractivity contribution in [2.24, 2.45) is 0 Å². The van der Waals surface area contributed by atoms with Gasteiger partial charge in [0.25, 0.3) is 0 Å². The summed E-state index contributed by atoms with van der Waals surface area (Å²) >= 11 is 5.35. The van der Waals surface area contributed by atoms with Crippen molar-refractivity contribution in [2.75, 3.05) is 0 Å². The monoisotopic (exact) mass is 575 g/mol. The Balaban J connectivity index is 1.51. The molecule has 0 spiro atoms. The lowest BCUT2D eigenvalue weighted by Crippen LogP contribution is -2.06. The molecular formula is C23H13BrIO3S+. The molecule has 0 aliphatic heterocycles. The highest BCUT2D eigenvalue weighted by Gasteiger charge is 2.23. The van der Waals surface area contributed by atoms with Gasteiger partial charge in [-0.2, -0.15) is 0 Å². The minimum atomic E-state index is -0.514. The molecule has 3 aromatic carbocycles. The number of furan rings is 1. The molecule has 0 unspecified atom stereocenters. The lowest BCUT2D eigenvalue weighted by Gasteiger charge is -2.02. The molecular weight excluding hydrogens is 563 g/mol. The van der Waals surface area contributed by atoms with Crippen LogP contribution in [0, 0.1) is 3.77 Å². The van der Waals surface area contributed by atoms with Gasteiger partial charge in [-0.15, -0.1) is 0 Å². The van der Waals surface area contributed by atoms with E-state index >= 15 is 0 Å². The van der Waals surface area contributed by atoms with Crippen molar-refractivity contribution >= 4 is 75.1 Å². The first-order valence-electron chi connectivity index (χ1n) is 8.81. The highest BCUT2D eigenvalue weighted by atomic mass is 127. The number of carbonyl (C=O) groups excluding carboxylic acids is 1. The van der Waals surface area contributed by atoms with Crippen LogP contribution in [0.15, 0.2) is 87.8 Å². The number of carbonyl (C=O) groups is 1. The molecule has 0 amide bonds. The molecule has 0 atom stereocenters. The lowest BCUT2D eigenvalue weighted by atomic mass is 10.2. The molecule has 0 aliphatic carbocycles. The zero-order valence-corrected chi connectivity index (χ0v) is 19.5. The highest BCUT2D eigenvalue weighted by Crippen LogP contribution is 2.48. The number of esters is 1. The molecule has 6 heteroatoms. The number of ether oxygens (including phenoxy) is 1. The van der Waals surface area contributed by atoms with Crippen LogP contribution in [0.25, 0.3) is 25.1 Å². The molecule has 0 N–H and O–H groups in total. The standard InChI is InChI=1S/C23H13BrIO3S/c24-18-13-19(28-22(18)25)23(26)27-14-9-11-15(12-10-14)29-20-7-3-1-5-16(20)17-6-2-4-8-21(17)29/h1-13H/q+1. The molecule has 0 saturated heterocycles. The third-order valence-corrected chi connectivity index (χ3v) is 9.09. The fourth-order valence-electron chi connectivity index (χ4n) is 3.35. The van der Waals surface area contributed by atoms with Crippen molar-refractivity contribution in [1.82, 2.24) is 0 Å². The summed E-state index contributed by atoms with van der Waals surface area (Å²) in [6, 6.07) is 26.5. The maximum atomic E-state index is 12.3. The van der Waals surface area contributed by atoms with Crippen LogP contribution in [-0.2, 0) is 0 Å². The second-order valence-corrected chi connectivity index (χ2v) is 10.2. The van der Waals surface area contributed by atoms with E-state index in [1.165, 1.54) is 25.1 Å². The fraction of sp³-hybridized carbons (Fsp3) is 0. The molecule has 3 nitrogen and oxygen atoms in total. The number of rotatable bonds is 3. The van der Waals surface area contributed by atoms with Crippen LogP contribution < -0.4 is 4.74 Å². The predicted octanol–water partition coefficient (Wildman–Crippen LogP) is 7.91. The summed E-state index contributed by atoms with van der Waals surface area (Å²) in [6.07, 6.45) is 0. The van der Waals surface area contributed by atoms with E-state index in [1.54, 1.807) is 6.07 Å². The molecule has 142 valence electrons. The van der Waals surface area contributed by atoms with E-state index in [0.717, 1.165) is 4.47 Å². The van der Waals surface area contributed by atoms with E-state index in [4.69, 9.17) is 9.15 Å². The molecule has 0 radical (unpaired) electrons. The molecule has 5 aromatic rings. The average molecular weight is 576 g/mol. The summed E-state index contributed by atoms with van der Waals surface area (Å²) < 4.78 is 14.9. The van der Waals surface area contributed by atoms with Gasteiger partial charge in [0.15, 0.2) is 18.1 Å². The van der Waals surface area contributed by atoms with Crippen molar-refractivity contribution in [3.05, 3.63) is 92.9 Å². The minimum absolute atomic E-state index is 0.163. The molecule has 2 heterocycles. The summed E-state index contributed by atoms with van der Waals surface area (Å²) in [4.78, 5) is 13.5. The van der Waals surface area contributed by atoms with E-state index in [2.05, 4.69) is 64.5 Å². The summed E-state index contributed by atoms with van der Waals surface area (Å²) in [7, 11) is -0.163. The Morgan fingerprint density at radius 3 is 2.03 bits per heavy atom. The van der Waals surface area contributed by atoms with Crippen LogP contribution in [0.3, 0.4) is 0 Å². The quantitative estimate of drug-likeness (QED) is 0.0949. The van der Waals surface area contributed by atoms with Crippen LogP contribution in [0.5, 0.6) is 5.75 Å². The van der Waals surface area contributed by atoms with Crippen LogP contribution >= 0.6 is 49.0 Å². The summed E-state index contributed by atoms with van der Waals surface area (Å²) in [5, 5.41) is 2.58. The van der Waals surface area contributed by atoms with Gasteiger partial charge in [-0.3, -0.25) is 0 Å². The normalized spacial score (nSPS) is 11.2. The first-order chi connectivity index (χ1) is 14.1. The minimum Gasteiger partial charge on any atom is -0.442 e. The molecule has 2 aromatic heterocycles. The van der Waals surface area contributed by atoms with Crippen LogP contribution in [0.4, 0.5) is 0 Å². The number of halogens is 2. The van der Waals surface area contributed by atoms with Crippen molar-refractivity contribution in [3.63, 3.8) is 0 Å². The van der Waals surface area contributed by atoms with Crippen molar-refractivity contribution in [3.8, 4) is 10.6 Å². The predicted molar refractivity (Wildman–Crippen MR) is 129 cm³/mol. The number of thiophene rings is 1. The Morgan fingerprint density at radius 2 is 1.48 bits per heavy atom. The summed E-state index contributed by atoms with van der Waals surface area (Å²) in [5.74, 6) is 0.150. The average Bonchev–Trinajstić information content (AvgIpc) is 3.26. The van der Waals surface area contributed by atoms with Gasteiger partial charge in [-0.25, -0.2) is 4.79 Å². The van der Waals surface area contributed by atoms with Gasteiger partial charge < -0.3 is 9.15 Å². The molecule has 0 saturated carbocycles. The molecule has 0 fully saturated rings. The summed E-state index contributed by atoms with van der Waals surface area (Å²) in [6.45, 7) is 0. The first kappa shape index (κ1) is 18.8. The van der Waals surface area contributed by atoms with Crippen molar-refractivity contribution in [1.29, 1.82) is 0 Å². The second kappa shape index (κ2) is 7.59. The molecule has 5 rings (SSSR count). The smallest absolute Gasteiger partial charge is 0.379 e.